The van der Waals surface area contributed by atoms with Gasteiger partial charge >= 0.3 is 0 Å². The smallest absolute Gasteiger partial charge is 0.223 e. The summed E-state index contributed by atoms with van der Waals surface area (Å²) in [5.74, 6) is 2.73. The van der Waals surface area contributed by atoms with Gasteiger partial charge in [-0.2, -0.15) is 0 Å². The van der Waals surface area contributed by atoms with Crippen LogP contribution in [0.3, 0.4) is 0 Å². The largest absolute Gasteiger partial charge is 0.497 e. The molecule has 196 valence electrons. The van der Waals surface area contributed by atoms with Gasteiger partial charge in [-0.25, -0.2) is 4.98 Å². The van der Waals surface area contributed by atoms with Gasteiger partial charge in [-0.3, -0.25) is 4.79 Å². The minimum absolute atomic E-state index is 0.0862. The van der Waals surface area contributed by atoms with E-state index in [4.69, 9.17) is 19.2 Å². The average Bonchev–Trinajstić information content (AvgIpc) is 3.66. The lowest BCUT2D eigenvalue weighted by atomic mass is 10.1. The highest BCUT2D eigenvalue weighted by Crippen LogP contribution is 2.30. The Morgan fingerprint density at radius 3 is 2.65 bits per heavy atom. The number of fused-ring (bicyclic) bond motifs is 1. The van der Waals surface area contributed by atoms with Crippen molar-refractivity contribution in [2.45, 2.75) is 51.2 Å². The maximum Gasteiger partial charge on any atom is 0.223 e. The highest BCUT2D eigenvalue weighted by Gasteiger charge is 2.26. The zero-order valence-corrected chi connectivity index (χ0v) is 21.9. The number of aromatic nitrogens is 1. The number of amides is 1. The van der Waals surface area contributed by atoms with Gasteiger partial charge in [0.1, 0.15) is 17.3 Å². The predicted octanol–water partition coefficient (Wildman–Crippen LogP) is 4.99. The summed E-state index contributed by atoms with van der Waals surface area (Å²) < 4.78 is 16.9. The van der Waals surface area contributed by atoms with Gasteiger partial charge in [0.05, 0.1) is 25.8 Å². The third kappa shape index (κ3) is 5.99. The van der Waals surface area contributed by atoms with Gasteiger partial charge in [0.2, 0.25) is 5.91 Å². The standard InChI is InChI=1S/C30H37N3O4/c1-35-25-13-11-23-18-24(30(31-27(23)19-25)32-15-5-6-16-32)20-33(21-26-9-7-17-37-26)29(34)14-12-22-8-3-4-10-28(22)36-2/h3-4,8,10-11,13,18-19,26H,5-7,9,12,14-17,20-21H2,1-2H3/t26-/m0/s1. The Morgan fingerprint density at radius 2 is 1.89 bits per heavy atom. The van der Waals surface area contributed by atoms with Crippen LogP contribution in [0.25, 0.3) is 10.9 Å². The van der Waals surface area contributed by atoms with Crippen LogP contribution in [-0.2, 0) is 22.5 Å². The van der Waals surface area contributed by atoms with Crippen LogP contribution in [0.5, 0.6) is 11.5 Å². The molecule has 0 bridgehead atoms. The second-order valence-electron chi connectivity index (χ2n) is 9.95. The molecule has 2 fully saturated rings. The van der Waals surface area contributed by atoms with Crippen LogP contribution >= 0.6 is 0 Å². The predicted molar refractivity (Wildman–Crippen MR) is 145 cm³/mol. The number of aryl methyl sites for hydroxylation is 1. The zero-order valence-electron chi connectivity index (χ0n) is 21.9. The SMILES string of the molecule is COc1ccc2cc(CN(C[C@@H]3CCCO3)C(=O)CCc3ccccc3OC)c(N3CCCC3)nc2c1. The number of pyridine rings is 1. The van der Waals surface area contributed by atoms with Crippen molar-refractivity contribution in [3.05, 3.63) is 59.7 Å². The molecule has 37 heavy (non-hydrogen) atoms. The molecule has 2 aliphatic rings. The molecule has 3 heterocycles. The maximum absolute atomic E-state index is 13.7. The third-order valence-corrected chi connectivity index (χ3v) is 7.45. The van der Waals surface area contributed by atoms with Crippen molar-refractivity contribution in [3.63, 3.8) is 0 Å². The molecule has 7 heteroatoms. The lowest BCUT2D eigenvalue weighted by molar-refractivity contribution is -0.133. The molecule has 7 nitrogen and oxygen atoms in total. The van der Waals surface area contributed by atoms with Crippen LogP contribution < -0.4 is 14.4 Å². The summed E-state index contributed by atoms with van der Waals surface area (Å²) in [6.45, 7) is 3.87. The Balaban J connectivity index is 1.43. The fourth-order valence-corrected chi connectivity index (χ4v) is 5.43. The summed E-state index contributed by atoms with van der Waals surface area (Å²) >= 11 is 0. The number of methoxy groups -OCH3 is 2. The van der Waals surface area contributed by atoms with Crippen LogP contribution in [0.2, 0.25) is 0 Å². The van der Waals surface area contributed by atoms with Crippen molar-refractivity contribution >= 4 is 22.6 Å². The van der Waals surface area contributed by atoms with E-state index in [-0.39, 0.29) is 12.0 Å². The average molecular weight is 504 g/mol. The number of benzene rings is 2. The lowest BCUT2D eigenvalue weighted by Gasteiger charge is -2.28. The van der Waals surface area contributed by atoms with Crippen molar-refractivity contribution in [1.29, 1.82) is 0 Å². The van der Waals surface area contributed by atoms with E-state index in [9.17, 15) is 4.79 Å². The summed E-state index contributed by atoms with van der Waals surface area (Å²) in [7, 11) is 3.35. The van der Waals surface area contributed by atoms with Gasteiger partial charge in [-0.05, 0) is 61.9 Å². The van der Waals surface area contributed by atoms with E-state index in [0.717, 1.165) is 84.7 Å². The number of hydrogen-bond acceptors (Lipinski definition) is 6. The molecule has 0 spiro atoms. The van der Waals surface area contributed by atoms with Gasteiger partial charge in [-0.15, -0.1) is 0 Å². The van der Waals surface area contributed by atoms with Crippen LogP contribution in [0.1, 0.15) is 43.2 Å². The lowest BCUT2D eigenvalue weighted by Crippen LogP contribution is -2.37. The van der Waals surface area contributed by atoms with Gasteiger partial charge in [0.25, 0.3) is 0 Å². The molecule has 0 radical (unpaired) electrons. The number of carbonyl (C=O) groups is 1. The molecule has 3 aromatic rings. The van der Waals surface area contributed by atoms with E-state index in [1.807, 2.05) is 47.4 Å². The fraction of sp³-hybridized carbons (Fsp3) is 0.467. The molecule has 0 saturated carbocycles. The number of anilines is 1. The first-order chi connectivity index (χ1) is 18.1. The van der Waals surface area contributed by atoms with Gasteiger partial charge in [0, 0.05) is 56.2 Å². The van der Waals surface area contributed by atoms with E-state index in [0.29, 0.717) is 25.9 Å². The summed E-state index contributed by atoms with van der Waals surface area (Å²) in [5.41, 5.74) is 3.05. The third-order valence-electron chi connectivity index (χ3n) is 7.45. The van der Waals surface area contributed by atoms with Crippen molar-refractivity contribution < 1.29 is 19.0 Å². The maximum atomic E-state index is 13.7. The zero-order chi connectivity index (χ0) is 25.6. The molecule has 1 aromatic heterocycles. The number of rotatable bonds is 10. The molecule has 2 aromatic carbocycles. The first-order valence-electron chi connectivity index (χ1n) is 13.4. The Kier molecular flexibility index (Phi) is 8.09. The normalized spacial score (nSPS) is 17.4. The van der Waals surface area contributed by atoms with E-state index in [1.54, 1.807) is 14.2 Å². The summed E-state index contributed by atoms with van der Waals surface area (Å²) in [4.78, 5) is 23.1. The number of hydrogen-bond donors (Lipinski definition) is 0. The molecule has 5 rings (SSSR count). The van der Waals surface area contributed by atoms with Crippen LogP contribution in [0, 0.1) is 0 Å². The number of carbonyl (C=O) groups excluding carboxylic acids is 1. The number of nitrogens with zero attached hydrogens (tertiary/aromatic N) is 3. The summed E-state index contributed by atoms with van der Waals surface area (Å²) in [5, 5.41) is 1.05. The van der Waals surface area contributed by atoms with E-state index in [1.165, 1.54) is 0 Å². The number of ether oxygens (including phenoxy) is 3. The molecule has 2 aliphatic heterocycles. The second-order valence-corrected chi connectivity index (χ2v) is 9.95. The van der Waals surface area contributed by atoms with E-state index >= 15 is 0 Å². The first kappa shape index (κ1) is 25.3. The van der Waals surface area contributed by atoms with Crippen LogP contribution in [-0.4, -0.2) is 62.4 Å². The molecule has 0 N–H and O–H groups in total. The van der Waals surface area contributed by atoms with Crippen molar-refractivity contribution in [2.75, 3.05) is 45.4 Å². The molecule has 1 amide bonds. The minimum atomic E-state index is 0.0862. The van der Waals surface area contributed by atoms with Crippen molar-refractivity contribution in [1.82, 2.24) is 9.88 Å². The summed E-state index contributed by atoms with van der Waals surface area (Å²) in [6, 6.07) is 16.1. The Labute approximate surface area is 219 Å². The van der Waals surface area contributed by atoms with Gasteiger partial charge in [-0.1, -0.05) is 18.2 Å². The molecule has 1 atom stereocenters. The highest BCUT2D eigenvalue weighted by molar-refractivity contribution is 5.84. The van der Waals surface area contributed by atoms with Crippen molar-refractivity contribution in [3.8, 4) is 11.5 Å². The van der Waals surface area contributed by atoms with E-state index in [2.05, 4.69) is 11.0 Å². The van der Waals surface area contributed by atoms with Gasteiger partial charge in [0.15, 0.2) is 0 Å². The highest BCUT2D eigenvalue weighted by atomic mass is 16.5. The topological polar surface area (TPSA) is 64.1 Å². The Morgan fingerprint density at radius 1 is 1.05 bits per heavy atom. The Bertz CT molecular complexity index is 1220. The fourth-order valence-electron chi connectivity index (χ4n) is 5.43. The minimum Gasteiger partial charge on any atom is -0.497 e. The molecular formula is C30H37N3O4. The monoisotopic (exact) mass is 503 g/mol. The van der Waals surface area contributed by atoms with E-state index < -0.39 is 0 Å². The number of para-hydroxylation sites is 1. The Hall–Kier alpha value is -3.32. The molecular weight excluding hydrogens is 466 g/mol. The van der Waals surface area contributed by atoms with Crippen LogP contribution in [0.4, 0.5) is 5.82 Å². The second kappa shape index (κ2) is 11.8. The molecule has 0 unspecified atom stereocenters. The quantitative estimate of drug-likeness (QED) is 0.388. The first-order valence-corrected chi connectivity index (χ1v) is 13.4. The van der Waals surface area contributed by atoms with Gasteiger partial charge < -0.3 is 24.0 Å². The molecule has 0 aliphatic carbocycles. The van der Waals surface area contributed by atoms with Crippen LogP contribution in [0.15, 0.2) is 48.5 Å². The molecule has 2 saturated heterocycles. The van der Waals surface area contributed by atoms with Crippen molar-refractivity contribution in [2.24, 2.45) is 0 Å². The summed E-state index contributed by atoms with van der Waals surface area (Å²) in [6.07, 6.45) is 5.51.